The molecule has 2 nitrogen and oxygen atoms in total. The summed E-state index contributed by atoms with van der Waals surface area (Å²) in [4.78, 5) is 0. The van der Waals surface area contributed by atoms with Crippen LogP contribution in [-0.4, -0.2) is 22.9 Å². The number of hydrogen-bond donors (Lipinski definition) is 1. The van der Waals surface area contributed by atoms with E-state index < -0.39 is 0 Å². The lowest BCUT2D eigenvalue weighted by molar-refractivity contribution is -0.147. The highest BCUT2D eigenvalue weighted by Crippen LogP contribution is 2.32. The average molecular weight is 430 g/mol. The molecule has 0 aliphatic carbocycles. The van der Waals surface area contributed by atoms with Crippen LogP contribution >= 0.6 is 0 Å². The van der Waals surface area contributed by atoms with Crippen LogP contribution in [0.4, 0.5) is 0 Å². The Bertz CT molecular complexity index is 517. The maximum atomic E-state index is 10.3. The predicted octanol–water partition coefficient (Wildman–Crippen LogP) is 9.28. The van der Waals surface area contributed by atoms with Gasteiger partial charge in [-0.25, -0.2) is 0 Å². The van der Waals surface area contributed by atoms with Crippen molar-refractivity contribution >= 4 is 0 Å². The minimum Gasteiger partial charge on any atom is -0.314 e. The van der Waals surface area contributed by atoms with E-state index in [9.17, 15) is 5.21 Å². The normalized spacial score (nSPS) is 19.7. The largest absolute Gasteiger partial charge is 0.314 e. The molecular weight excluding hydrogens is 378 g/mol. The molecule has 1 fully saturated rings. The second-order valence-corrected chi connectivity index (χ2v) is 10.0. The molecule has 1 saturated heterocycles. The first-order chi connectivity index (χ1) is 15.3. The lowest BCUT2D eigenvalue weighted by Gasteiger charge is -2.35. The standard InChI is InChI=1S/C29H51NO/c1-2-3-4-5-6-7-8-9-10-11-12-13-14-15-16-20-23-29-26-28(24-25-30(29)31)27-21-18-17-19-22-27/h17-19,21-22,28-29,31H,2-16,20,23-26H2,1H3/t28-,29-/m0/s1. The van der Waals surface area contributed by atoms with E-state index >= 15 is 0 Å². The highest BCUT2D eigenvalue weighted by atomic mass is 16.5. The molecule has 0 unspecified atom stereocenters. The summed E-state index contributed by atoms with van der Waals surface area (Å²) in [6.45, 7) is 3.12. The van der Waals surface area contributed by atoms with Crippen molar-refractivity contribution in [1.29, 1.82) is 0 Å². The first kappa shape index (κ1) is 26.4. The second kappa shape index (κ2) is 17.7. The van der Waals surface area contributed by atoms with Gasteiger partial charge in [0, 0.05) is 12.6 Å². The summed E-state index contributed by atoms with van der Waals surface area (Å²) in [6, 6.07) is 11.2. The summed E-state index contributed by atoms with van der Waals surface area (Å²) < 4.78 is 0. The van der Waals surface area contributed by atoms with Crippen LogP contribution in [0.3, 0.4) is 0 Å². The molecule has 0 amide bonds. The highest BCUT2D eigenvalue weighted by molar-refractivity contribution is 5.20. The first-order valence-corrected chi connectivity index (χ1v) is 13.8. The fourth-order valence-electron chi connectivity index (χ4n) is 5.26. The van der Waals surface area contributed by atoms with Gasteiger partial charge in [0.25, 0.3) is 0 Å². The molecule has 0 aromatic heterocycles. The Kier molecular flexibility index (Phi) is 15.0. The molecule has 1 heterocycles. The lowest BCUT2D eigenvalue weighted by atomic mass is 9.84. The quantitative estimate of drug-likeness (QED) is 0.235. The van der Waals surface area contributed by atoms with Crippen molar-refractivity contribution in [2.75, 3.05) is 6.54 Å². The van der Waals surface area contributed by atoms with E-state index in [1.54, 1.807) is 5.06 Å². The number of unbranched alkanes of at least 4 members (excludes halogenated alkanes) is 15. The third kappa shape index (κ3) is 12.1. The number of nitrogens with zero attached hydrogens (tertiary/aromatic N) is 1. The summed E-state index contributed by atoms with van der Waals surface area (Å²) in [5.41, 5.74) is 1.45. The molecule has 1 aromatic carbocycles. The van der Waals surface area contributed by atoms with Crippen LogP contribution in [0.5, 0.6) is 0 Å². The summed E-state index contributed by atoms with van der Waals surface area (Å²) >= 11 is 0. The predicted molar refractivity (Wildman–Crippen MR) is 135 cm³/mol. The molecule has 0 bridgehead atoms. The molecule has 0 spiro atoms. The van der Waals surface area contributed by atoms with Gasteiger partial charge in [-0.15, -0.1) is 0 Å². The molecule has 0 radical (unpaired) electrons. The average Bonchev–Trinajstić information content (AvgIpc) is 2.80. The van der Waals surface area contributed by atoms with Gasteiger partial charge in [0.2, 0.25) is 0 Å². The van der Waals surface area contributed by atoms with Crippen molar-refractivity contribution in [3.05, 3.63) is 35.9 Å². The Morgan fingerprint density at radius 2 is 1.19 bits per heavy atom. The third-order valence-corrected chi connectivity index (χ3v) is 7.35. The Hall–Kier alpha value is -0.860. The monoisotopic (exact) mass is 429 g/mol. The van der Waals surface area contributed by atoms with Gasteiger partial charge in [0.1, 0.15) is 0 Å². The Balaban J connectivity index is 1.38. The Labute approximate surface area is 193 Å². The molecule has 1 aliphatic heterocycles. The number of hydrogen-bond acceptors (Lipinski definition) is 2. The van der Waals surface area contributed by atoms with Gasteiger partial charge in [-0.3, -0.25) is 0 Å². The lowest BCUT2D eigenvalue weighted by Crippen LogP contribution is -2.39. The van der Waals surface area contributed by atoms with E-state index in [4.69, 9.17) is 0 Å². The molecule has 1 aliphatic rings. The van der Waals surface area contributed by atoms with Gasteiger partial charge in [-0.1, -0.05) is 140 Å². The van der Waals surface area contributed by atoms with Crippen molar-refractivity contribution in [3.63, 3.8) is 0 Å². The molecule has 2 atom stereocenters. The molecule has 0 saturated carbocycles. The van der Waals surface area contributed by atoms with Crippen LogP contribution in [0.2, 0.25) is 0 Å². The number of piperidine rings is 1. The smallest absolute Gasteiger partial charge is 0.0356 e. The van der Waals surface area contributed by atoms with Gasteiger partial charge in [0.15, 0.2) is 0 Å². The van der Waals surface area contributed by atoms with Crippen LogP contribution in [-0.2, 0) is 0 Å². The van der Waals surface area contributed by atoms with E-state index in [-0.39, 0.29) is 0 Å². The highest BCUT2D eigenvalue weighted by Gasteiger charge is 2.27. The molecule has 2 rings (SSSR count). The SMILES string of the molecule is CCCCCCCCCCCCCCCCCC[C@H]1C[C@@H](c2ccccc2)CCN1O. The first-order valence-electron chi connectivity index (χ1n) is 13.8. The minimum atomic E-state index is 0.352. The van der Waals surface area contributed by atoms with Crippen LogP contribution in [0, 0.1) is 0 Å². The fraction of sp³-hybridized carbons (Fsp3) is 0.793. The molecule has 31 heavy (non-hydrogen) atoms. The van der Waals surface area contributed by atoms with Gasteiger partial charge < -0.3 is 5.21 Å². The Morgan fingerprint density at radius 3 is 1.71 bits per heavy atom. The molecule has 1 N–H and O–H groups in total. The number of benzene rings is 1. The van der Waals surface area contributed by atoms with Crippen LogP contribution in [0.15, 0.2) is 30.3 Å². The molecule has 2 heteroatoms. The zero-order valence-corrected chi connectivity index (χ0v) is 20.6. The van der Waals surface area contributed by atoms with Crippen LogP contribution in [0.25, 0.3) is 0 Å². The summed E-state index contributed by atoms with van der Waals surface area (Å²) in [5, 5.41) is 11.9. The summed E-state index contributed by atoms with van der Waals surface area (Å²) in [6.07, 6.45) is 26.0. The van der Waals surface area contributed by atoms with Crippen molar-refractivity contribution < 1.29 is 5.21 Å². The summed E-state index contributed by atoms with van der Waals surface area (Å²) in [7, 11) is 0. The Morgan fingerprint density at radius 1 is 0.710 bits per heavy atom. The van der Waals surface area contributed by atoms with Crippen LogP contribution < -0.4 is 0 Å². The van der Waals surface area contributed by atoms with E-state index in [2.05, 4.69) is 37.3 Å². The third-order valence-electron chi connectivity index (χ3n) is 7.35. The number of hydroxylamine groups is 2. The van der Waals surface area contributed by atoms with Gasteiger partial charge in [-0.2, -0.15) is 5.06 Å². The maximum Gasteiger partial charge on any atom is 0.0356 e. The van der Waals surface area contributed by atoms with Crippen molar-refractivity contribution in [2.45, 2.75) is 141 Å². The molecule has 1 aromatic rings. The van der Waals surface area contributed by atoms with E-state index in [0.717, 1.165) is 25.8 Å². The fourth-order valence-corrected chi connectivity index (χ4v) is 5.26. The second-order valence-electron chi connectivity index (χ2n) is 10.0. The van der Waals surface area contributed by atoms with E-state index in [1.165, 1.54) is 108 Å². The molecular formula is C29H51NO. The zero-order chi connectivity index (χ0) is 22.0. The van der Waals surface area contributed by atoms with Crippen molar-refractivity contribution in [3.8, 4) is 0 Å². The van der Waals surface area contributed by atoms with E-state index in [1.807, 2.05) is 0 Å². The van der Waals surface area contributed by atoms with Crippen molar-refractivity contribution in [1.82, 2.24) is 5.06 Å². The van der Waals surface area contributed by atoms with Gasteiger partial charge in [-0.05, 0) is 30.7 Å². The zero-order valence-electron chi connectivity index (χ0n) is 20.6. The topological polar surface area (TPSA) is 23.5 Å². The molecule has 178 valence electrons. The van der Waals surface area contributed by atoms with Crippen molar-refractivity contribution in [2.24, 2.45) is 0 Å². The maximum absolute atomic E-state index is 10.3. The van der Waals surface area contributed by atoms with Gasteiger partial charge >= 0.3 is 0 Å². The number of rotatable bonds is 18. The summed E-state index contributed by atoms with van der Waals surface area (Å²) in [5.74, 6) is 0.621. The van der Waals surface area contributed by atoms with E-state index in [0.29, 0.717) is 12.0 Å². The van der Waals surface area contributed by atoms with Crippen LogP contribution in [0.1, 0.15) is 140 Å². The minimum absolute atomic E-state index is 0.352. The van der Waals surface area contributed by atoms with Gasteiger partial charge in [0.05, 0.1) is 0 Å².